The van der Waals surface area contributed by atoms with Crippen molar-refractivity contribution in [2.24, 2.45) is 0 Å². The molecule has 1 fully saturated rings. The van der Waals surface area contributed by atoms with Crippen LogP contribution < -0.4 is 0 Å². The first-order valence-corrected chi connectivity index (χ1v) is 6.06. The Morgan fingerprint density at radius 2 is 2.06 bits per heavy atom. The smallest absolute Gasteiger partial charge is 0.323 e. The summed E-state index contributed by atoms with van der Waals surface area (Å²) in [5.74, 6) is -0.544. The highest BCUT2D eigenvalue weighted by atomic mass is 16.5. The Bertz CT molecular complexity index is 278. The molecule has 0 radical (unpaired) electrons. The molecule has 1 atom stereocenters. The van der Waals surface area contributed by atoms with Crippen molar-refractivity contribution >= 4 is 11.9 Å². The summed E-state index contributed by atoms with van der Waals surface area (Å²) in [5.41, 5.74) is 0. The number of likely N-dealkylation sites (tertiary alicyclic amines) is 1. The maximum absolute atomic E-state index is 11.6. The van der Waals surface area contributed by atoms with Gasteiger partial charge in [0.25, 0.3) is 0 Å². The minimum atomic E-state index is -0.298. The van der Waals surface area contributed by atoms with Gasteiger partial charge in [-0.25, -0.2) is 0 Å². The van der Waals surface area contributed by atoms with Crippen LogP contribution >= 0.6 is 0 Å². The second kappa shape index (κ2) is 6.59. The average Bonchev–Trinajstić information content (AvgIpc) is 2.27. The number of ether oxygens (including phenoxy) is 2. The van der Waals surface area contributed by atoms with Crippen LogP contribution in [0.5, 0.6) is 0 Å². The summed E-state index contributed by atoms with van der Waals surface area (Å²) in [6, 6.07) is -0.298. The number of carbonyl (C=O) groups excluding carboxylic acids is 2. The molecule has 5 nitrogen and oxygen atoms in total. The van der Waals surface area contributed by atoms with Crippen molar-refractivity contribution < 1.29 is 19.1 Å². The van der Waals surface area contributed by atoms with Gasteiger partial charge in [0.2, 0.25) is 0 Å². The van der Waals surface area contributed by atoms with Crippen molar-refractivity contribution in [1.29, 1.82) is 0 Å². The molecule has 0 aromatic carbocycles. The molecule has 17 heavy (non-hydrogen) atoms. The quantitative estimate of drug-likeness (QED) is 0.688. The summed E-state index contributed by atoms with van der Waals surface area (Å²) < 4.78 is 9.83. The van der Waals surface area contributed by atoms with E-state index in [2.05, 4.69) is 0 Å². The molecule has 0 N–H and O–H groups in total. The number of nitrogens with zero attached hydrogens (tertiary/aromatic N) is 1. The zero-order valence-corrected chi connectivity index (χ0v) is 10.8. The number of rotatable bonds is 4. The van der Waals surface area contributed by atoms with E-state index >= 15 is 0 Å². The molecular formula is C12H21NO4. The summed E-state index contributed by atoms with van der Waals surface area (Å²) in [7, 11) is 1.38. The molecule has 1 saturated heterocycles. The Hall–Kier alpha value is -1.10. The minimum Gasteiger partial charge on any atom is -0.468 e. The van der Waals surface area contributed by atoms with E-state index in [4.69, 9.17) is 9.47 Å². The van der Waals surface area contributed by atoms with Crippen LogP contribution in [0.1, 0.15) is 33.1 Å². The van der Waals surface area contributed by atoms with Gasteiger partial charge >= 0.3 is 11.9 Å². The average molecular weight is 243 g/mol. The van der Waals surface area contributed by atoms with Crippen molar-refractivity contribution in [3.63, 3.8) is 0 Å². The van der Waals surface area contributed by atoms with Gasteiger partial charge in [-0.2, -0.15) is 0 Å². The number of hydrogen-bond acceptors (Lipinski definition) is 5. The first-order chi connectivity index (χ1) is 8.04. The second-order valence-corrected chi connectivity index (χ2v) is 4.54. The number of hydrogen-bond donors (Lipinski definition) is 0. The molecule has 0 spiro atoms. The molecule has 5 heteroatoms. The van der Waals surface area contributed by atoms with E-state index in [9.17, 15) is 9.59 Å². The molecular weight excluding hydrogens is 222 g/mol. The first kappa shape index (κ1) is 14.0. The third-order valence-corrected chi connectivity index (χ3v) is 2.79. The summed E-state index contributed by atoms with van der Waals surface area (Å²) >= 11 is 0. The Balaban J connectivity index is 2.53. The summed E-state index contributed by atoms with van der Waals surface area (Å²) in [6.07, 6.45) is 2.63. The van der Waals surface area contributed by atoms with Gasteiger partial charge in [0.05, 0.1) is 19.8 Å². The fraction of sp³-hybridized carbons (Fsp3) is 0.833. The number of piperidine rings is 1. The highest BCUT2D eigenvalue weighted by Gasteiger charge is 2.31. The Morgan fingerprint density at radius 1 is 1.35 bits per heavy atom. The van der Waals surface area contributed by atoms with Crippen LogP contribution in [-0.4, -0.2) is 49.2 Å². The molecule has 0 amide bonds. The van der Waals surface area contributed by atoms with Gasteiger partial charge in [-0.1, -0.05) is 6.42 Å². The molecule has 1 unspecified atom stereocenters. The molecule has 0 aliphatic carbocycles. The third kappa shape index (κ3) is 4.34. The van der Waals surface area contributed by atoms with Gasteiger partial charge in [-0.3, -0.25) is 14.5 Å². The fourth-order valence-corrected chi connectivity index (χ4v) is 2.05. The molecule has 1 rings (SSSR count). The predicted molar refractivity (Wildman–Crippen MR) is 62.5 cm³/mol. The molecule has 1 aliphatic heterocycles. The second-order valence-electron chi connectivity index (χ2n) is 4.54. The van der Waals surface area contributed by atoms with Crippen molar-refractivity contribution in [3.8, 4) is 0 Å². The fourth-order valence-electron chi connectivity index (χ4n) is 2.05. The van der Waals surface area contributed by atoms with Crippen LogP contribution in [0.15, 0.2) is 0 Å². The van der Waals surface area contributed by atoms with Gasteiger partial charge in [-0.15, -0.1) is 0 Å². The number of carbonyl (C=O) groups is 2. The van der Waals surface area contributed by atoms with Crippen LogP contribution in [-0.2, 0) is 19.1 Å². The van der Waals surface area contributed by atoms with Gasteiger partial charge in [0.1, 0.15) is 6.04 Å². The SMILES string of the molecule is COC(=O)C1CCCCN1CC(=O)OC(C)C. The maximum Gasteiger partial charge on any atom is 0.323 e. The lowest BCUT2D eigenvalue weighted by molar-refractivity contribution is -0.154. The van der Waals surface area contributed by atoms with Gasteiger partial charge in [-0.05, 0) is 33.2 Å². The van der Waals surface area contributed by atoms with E-state index in [1.165, 1.54) is 7.11 Å². The summed E-state index contributed by atoms with van der Waals surface area (Å²) in [6.45, 7) is 4.53. The molecule has 0 aromatic heterocycles. The van der Waals surface area contributed by atoms with E-state index in [-0.39, 0.29) is 30.6 Å². The van der Waals surface area contributed by atoms with Crippen LogP contribution in [0.25, 0.3) is 0 Å². The molecule has 0 saturated carbocycles. The molecule has 0 aromatic rings. The van der Waals surface area contributed by atoms with Crippen LogP contribution in [0.4, 0.5) is 0 Å². The van der Waals surface area contributed by atoms with E-state index in [1.807, 2.05) is 18.7 Å². The molecule has 1 heterocycles. The Labute approximate surface area is 102 Å². The van der Waals surface area contributed by atoms with Crippen LogP contribution in [0.2, 0.25) is 0 Å². The van der Waals surface area contributed by atoms with Crippen molar-refractivity contribution in [1.82, 2.24) is 4.90 Å². The number of methoxy groups -OCH3 is 1. The zero-order valence-electron chi connectivity index (χ0n) is 10.8. The highest BCUT2D eigenvalue weighted by Crippen LogP contribution is 2.17. The highest BCUT2D eigenvalue weighted by molar-refractivity contribution is 5.77. The van der Waals surface area contributed by atoms with Crippen LogP contribution in [0, 0.1) is 0 Å². The van der Waals surface area contributed by atoms with Crippen LogP contribution in [0.3, 0.4) is 0 Å². The molecule has 1 aliphatic rings. The Kier molecular flexibility index (Phi) is 5.41. The monoisotopic (exact) mass is 243 g/mol. The van der Waals surface area contributed by atoms with Gasteiger partial charge in [0, 0.05) is 0 Å². The van der Waals surface area contributed by atoms with E-state index in [0.717, 1.165) is 25.8 Å². The molecule has 98 valence electrons. The summed E-state index contributed by atoms with van der Waals surface area (Å²) in [4.78, 5) is 25.0. The largest absolute Gasteiger partial charge is 0.468 e. The summed E-state index contributed by atoms with van der Waals surface area (Å²) in [5, 5.41) is 0. The third-order valence-electron chi connectivity index (χ3n) is 2.79. The van der Waals surface area contributed by atoms with Crippen molar-refractivity contribution in [2.75, 3.05) is 20.2 Å². The maximum atomic E-state index is 11.6. The van der Waals surface area contributed by atoms with Crippen molar-refractivity contribution in [3.05, 3.63) is 0 Å². The molecule has 0 bridgehead atoms. The van der Waals surface area contributed by atoms with E-state index < -0.39 is 0 Å². The number of esters is 2. The minimum absolute atomic E-state index is 0.121. The first-order valence-electron chi connectivity index (χ1n) is 6.06. The Morgan fingerprint density at radius 3 is 2.65 bits per heavy atom. The standard InChI is InChI=1S/C12H21NO4/c1-9(2)17-11(14)8-13-7-5-4-6-10(13)12(15)16-3/h9-10H,4-8H2,1-3H3. The van der Waals surface area contributed by atoms with Gasteiger partial charge < -0.3 is 9.47 Å². The van der Waals surface area contributed by atoms with E-state index in [1.54, 1.807) is 0 Å². The lowest BCUT2D eigenvalue weighted by Crippen LogP contribution is -2.47. The topological polar surface area (TPSA) is 55.8 Å². The lowest BCUT2D eigenvalue weighted by atomic mass is 10.0. The zero-order chi connectivity index (χ0) is 12.8. The van der Waals surface area contributed by atoms with Gasteiger partial charge in [0.15, 0.2) is 0 Å². The van der Waals surface area contributed by atoms with Crippen molar-refractivity contribution in [2.45, 2.75) is 45.3 Å². The normalized spacial score (nSPS) is 21.3. The van der Waals surface area contributed by atoms with E-state index in [0.29, 0.717) is 0 Å². The predicted octanol–water partition coefficient (Wildman–Crippen LogP) is 0.965. The lowest BCUT2D eigenvalue weighted by Gasteiger charge is -2.32.